The molecule has 19 heavy (non-hydrogen) atoms. The van der Waals surface area contributed by atoms with Gasteiger partial charge in [0.25, 0.3) is 5.56 Å². The highest BCUT2D eigenvalue weighted by atomic mass is 35.5. The lowest BCUT2D eigenvalue weighted by molar-refractivity contribution is 0.483. The minimum Gasteiger partial charge on any atom is -0.315 e. The normalized spacial score (nSPS) is 12.8. The number of benzene rings is 1. The van der Waals surface area contributed by atoms with E-state index in [1.807, 2.05) is 6.92 Å². The van der Waals surface area contributed by atoms with Crippen LogP contribution in [0.4, 0.5) is 0 Å². The molecule has 2 aromatic rings. The molecule has 5 nitrogen and oxygen atoms in total. The zero-order valence-corrected chi connectivity index (χ0v) is 11.9. The van der Waals surface area contributed by atoms with Crippen molar-refractivity contribution in [2.24, 2.45) is 7.05 Å². The number of hydrogen-bond acceptors (Lipinski definition) is 3. The smallest absolute Gasteiger partial charge is 0.315 e. The van der Waals surface area contributed by atoms with Gasteiger partial charge in [-0.2, -0.15) is 0 Å². The molecule has 1 aromatic carbocycles. The monoisotopic (exact) mass is 281 g/mol. The maximum atomic E-state index is 12.3. The zero-order chi connectivity index (χ0) is 14.2. The molecule has 0 radical (unpaired) electrons. The molecule has 0 aliphatic heterocycles. The average Bonchev–Trinajstić information content (AvgIpc) is 2.40. The number of nitrogens with one attached hydrogen (secondary N) is 1. The molecule has 1 aromatic heterocycles. The van der Waals surface area contributed by atoms with Crippen molar-refractivity contribution >= 4 is 22.5 Å². The maximum absolute atomic E-state index is 12.3. The van der Waals surface area contributed by atoms with Crippen molar-refractivity contribution in [1.29, 1.82) is 0 Å². The first-order valence-electron chi connectivity index (χ1n) is 6.02. The summed E-state index contributed by atoms with van der Waals surface area (Å²) >= 11 is 5.91. The summed E-state index contributed by atoms with van der Waals surface area (Å²) in [6.45, 7) is 2.25. The molecule has 1 atom stereocenters. The predicted molar refractivity (Wildman–Crippen MR) is 77.0 cm³/mol. The molecular weight excluding hydrogens is 266 g/mol. The molecule has 1 heterocycles. The van der Waals surface area contributed by atoms with Crippen molar-refractivity contribution in [2.45, 2.75) is 19.5 Å². The highest BCUT2D eigenvalue weighted by Crippen LogP contribution is 2.14. The number of fused-ring (bicyclic) bond motifs is 1. The van der Waals surface area contributed by atoms with E-state index >= 15 is 0 Å². The van der Waals surface area contributed by atoms with Crippen LogP contribution in [0.15, 0.2) is 27.8 Å². The minimum atomic E-state index is -0.332. The van der Waals surface area contributed by atoms with E-state index in [0.717, 1.165) is 0 Å². The molecule has 0 aliphatic rings. The van der Waals surface area contributed by atoms with Gasteiger partial charge in [0, 0.05) is 24.7 Å². The van der Waals surface area contributed by atoms with Gasteiger partial charge in [-0.25, -0.2) is 4.79 Å². The Bertz CT molecular complexity index is 733. The number of likely N-dealkylation sites (N-methyl/N-ethyl adjacent to an activating group) is 1. The third-order valence-electron chi connectivity index (χ3n) is 3.26. The molecule has 0 saturated carbocycles. The Balaban J connectivity index is 2.78. The molecule has 1 N–H and O–H groups in total. The molecular formula is C13H16ClN3O2. The summed E-state index contributed by atoms with van der Waals surface area (Å²) in [5.41, 5.74) is -0.0606. The topological polar surface area (TPSA) is 56.0 Å². The number of hydrogen-bond donors (Lipinski definition) is 1. The van der Waals surface area contributed by atoms with Crippen LogP contribution in [0.5, 0.6) is 0 Å². The minimum absolute atomic E-state index is 0.0372. The SMILES string of the molecule is CNC(C)Cn1c(=O)c2ccc(Cl)cc2n(C)c1=O. The summed E-state index contributed by atoms with van der Waals surface area (Å²) < 4.78 is 2.70. The van der Waals surface area contributed by atoms with Gasteiger partial charge < -0.3 is 5.32 Å². The second kappa shape index (κ2) is 5.19. The van der Waals surface area contributed by atoms with E-state index in [4.69, 9.17) is 11.6 Å². The number of halogens is 1. The van der Waals surface area contributed by atoms with Gasteiger partial charge in [0.1, 0.15) is 0 Å². The number of nitrogens with zero attached hydrogens (tertiary/aromatic N) is 2. The third-order valence-corrected chi connectivity index (χ3v) is 3.50. The van der Waals surface area contributed by atoms with Gasteiger partial charge in [0.15, 0.2) is 0 Å². The summed E-state index contributed by atoms with van der Waals surface area (Å²) in [4.78, 5) is 24.6. The Morgan fingerprint density at radius 3 is 2.68 bits per heavy atom. The number of rotatable bonds is 3. The highest BCUT2D eigenvalue weighted by Gasteiger charge is 2.12. The van der Waals surface area contributed by atoms with Crippen LogP contribution in [0.1, 0.15) is 6.92 Å². The molecule has 0 fully saturated rings. The lowest BCUT2D eigenvalue weighted by atomic mass is 10.2. The third kappa shape index (κ3) is 2.43. The van der Waals surface area contributed by atoms with Crippen LogP contribution in [0.25, 0.3) is 10.9 Å². The Labute approximate surface area is 115 Å². The fourth-order valence-electron chi connectivity index (χ4n) is 2.01. The second-order valence-corrected chi connectivity index (χ2v) is 5.04. The van der Waals surface area contributed by atoms with Gasteiger partial charge in [0.05, 0.1) is 10.9 Å². The van der Waals surface area contributed by atoms with Crippen molar-refractivity contribution in [3.05, 3.63) is 44.1 Å². The molecule has 1 unspecified atom stereocenters. The Hall–Kier alpha value is -1.59. The molecule has 0 saturated heterocycles. The Morgan fingerprint density at radius 2 is 2.05 bits per heavy atom. The van der Waals surface area contributed by atoms with Crippen LogP contribution in [0.2, 0.25) is 5.02 Å². The van der Waals surface area contributed by atoms with Gasteiger partial charge in [0.2, 0.25) is 0 Å². The van der Waals surface area contributed by atoms with Crippen molar-refractivity contribution in [2.75, 3.05) is 7.05 Å². The van der Waals surface area contributed by atoms with Crippen molar-refractivity contribution in [3.8, 4) is 0 Å². The van der Waals surface area contributed by atoms with E-state index in [9.17, 15) is 9.59 Å². The van der Waals surface area contributed by atoms with Crippen LogP contribution >= 0.6 is 11.6 Å². The molecule has 0 aliphatic carbocycles. The second-order valence-electron chi connectivity index (χ2n) is 4.61. The largest absolute Gasteiger partial charge is 0.331 e. The fourth-order valence-corrected chi connectivity index (χ4v) is 2.17. The van der Waals surface area contributed by atoms with Gasteiger partial charge in [-0.15, -0.1) is 0 Å². The standard InChI is InChI=1S/C13H16ClN3O2/c1-8(15-2)7-17-12(18)10-5-4-9(14)6-11(10)16(3)13(17)19/h4-6,8,15H,7H2,1-3H3. The van der Waals surface area contributed by atoms with Gasteiger partial charge in [-0.05, 0) is 32.2 Å². The van der Waals surface area contributed by atoms with Crippen molar-refractivity contribution < 1.29 is 0 Å². The van der Waals surface area contributed by atoms with Crippen LogP contribution in [-0.4, -0.2) is 22.2 Å². The summed E-state index contributed by atoms with van der Waals surface area (Å²) in [5, 5.41) is 4.01. The molecule has 0 spiro atoms. The number of aryl methyl sites for hydroxylation is 1. The summed E-state index contributed by atoms with van der Waals surface area (Å²) in [5.74, 6) is 0. The van der Waals surface area contributed by atoms with Crippen molar-refractivity contribution in [1.82, 2.24) is 14.5 Å². The molecule has 2 rings (SSSR count). The Kier molecular flexibility index (Phi) is 3.78. The first kappa shape index (κ1) is 13.8. The molecule has 0 amide bonds. The van der Waals surface area contributed by atoms with E-state index < -0.39 is 0 Å². The van der Waals surface area contributed by atoms with Gasteiger partial charge in [-0.3, -0.25) is 13.9 Å². The van der Waals surface area contributed by atoms with E-state index in [2.05, 4.69) is 5.32 Å². The van der Waals surface area contributed by atoms with Crippen molar-refractivity contribution in [3.63, 3.8) is 0 Å². The zero-order valence-electron chi connectivity index (χ0n) is 11.1. The summed E-state index contributed by atoms with van der Waals surface area (Å²) in [7, 11) is 3.43. The van der Waals surface area contributed by atoms with Crippen LogP contribution in [-0.2, 0) is 13.6 Å². The van der Waals surface area contributed by atoms with Gasteiger partial charge >= 0.3 is 5.69 Å². The van der Waals surface area contributed by atoms with Crippen LogP contribution in [0, 0.1) is 0 Å². The van der Waals surface area contributed by atoms with Crippen LogP contribution in [0.3, 0.4) is 0 Å². The highest BCUT2D eigenvalue weighted by molar-refractivity contribution is 6.31. The van der Waals surface area contributed by atoms with E-state index in [1.54, 1.807) is 32.3 Å². The predicted octanol–water partition coefficient (Wildman–Crippen LogP) is 0.961. The first-order valence-corrected chi connectivity index (χ1v) is 6.40. The maximum Gasteiger partial charge on any atom is 0.331 e. The molecule has 102 valence electrons. The quantitative estimate of drug-likeness (QED) is 0.912. The van der Waals surface area contributed by atoms with Gasteiger partial charge in [-0.1, -0.05) is 11.6 Å². The lowest BCUT2D eigenvalue weighted by Gasteiger charge is -2.14. The first-order chi connectivity index (χ1) is 8.95. The summed E-state index contributed by atoms with van der Waals surface area (Å²) in [6.07, 6.45) is 0. The fraction of sp³-hybridized carbons (Fsp3) is 0.385. The van der Waals surface area contributed by atoms with E-state index in [-0.39, 0.29) is 17.3 Å². The molecule has 6 heteroatoms. The van der Waals surface area contributed by atoms with Crippen LogP contribution < -0.4 is 16.6 Å². The van der Waals surface area contributed by atoms with E-state index in [0.29, 0.717) is 22.5 Å². The Morgan fingerprint density at radius 1 is 1.37 bits per heavy atom. The van der Waals surface area contributed by atoms with E-state index in [1.165, 1.54) is 9.13 Å². The molecule has 0 bridgehead atoms. The lowest BCUT2D eigenvalue weighted by Crippen LogP contribution is -2.43. The summed E-state index contributed by atoms with van der Waals surface area (Å²) in [6, 6.07) is 4.97. The number of aromatic nitrogens is 2. The average molecular weight is 282 g/mol.